The molecule has 0 aliphatic heterocycles. The van der Waals surface area contributed by atoms with E-state index in [0.717, 1.165) is 18.9 Å². The van der Waals surface area contributed by atoms with Crippen LogP contribution in [0.5, 0.6) is 5.75 Å². The molecule has 0 saturated heterocycles. The van der Waals surface area contributed by atoms with E-state index in [1.165, 1.54) is 56.9 Å². The minimum Gasteiger partial charge on any atom is -0.493 e. The van der Waals surface area contributed by atoms with Crippen molar-refractivity contribution in [3.8, 4) is 5.75 Å². The molecule has 0 saturated carbocycles. The molecule has 1 N–H and O–H groups in total. The Balaban J connectivity index is 2.06. The van der Waals surface area contributed by atoms with Crippen LogP contribution in [0.2, 0.25) is 0 Å². The number of rotatable bonds is 12. The van der Waals surface area contributed by atoms with Crippen molar-refractivity contribution in [1.82, 2.24) is 5.32 Å². The molecule has 0 unspecified atom stereocenters. The summed E-state index contributed by atoms with van der Waals surface area (Å²) in [5.74, 6) is 1.03. The first kappa shape index (κ1) is 17.0. The van der Waals surface area contributed by atoms with Crippen molar-refractivity contribution in [2.75, 3.05) is 13.7 Å². The smallest absolute Gasteiger partial charge is 0.123 e. The van der Waals surface area contributed by atoms with Crippen LogP contribution in [-0.4, -0.2) is 13.7 Å². The van der Waals surface area contributed by atoms with Crippen LogP contribution in [0, 0.1) is 0 Å². The summed E-state index contributed by atoms with van der Waals surface area (Å²) < 4.78 is 5.89. The second kappa shape index (κ2) is 11.8. The largest absolute Gasteiger partial charge is 0.493 e. The standard InChI is InChI=1S/C18H31NO/c1-3-4-5-6-7-8-9-12-15-20-18-14-11-10-13-17(18)16-19-2/h10-11,13-14,19H,3-9,12,15-16H2,1-2H3. The van der Waals surface area contributed by atoms with Gasteiger partial charge in [0, 0.05) is 12.1 Å². The van der Waals surface area contributed by atoms with E-state index in [-0.39, 0.29) is 0 Å². The molecular formula is C18H31NO. The molecule has 114 valence electrons. The predicted octanol–water partition coefficient (Wildman–Crippen LogP) is 4.93. The van der Waals surface area contributed by atoms with E-state index in [4.69, 9.17) is 4.74 Å². The van der Waals surface area contributed by atoms with Gasteiger partial charge in [0.2, 0.25) is 0 Å². The van der Waals surface area contributed by atoms with E-state index in [1.54, 1.807) is 0 Å². The van der Waals surface area contributed by atoms with Gasteiger partial charge in [-0.2, -0.15) is 0 Å². The van der Waals surface area contributed by atoms with Crippen molar-refractivity contribution in [2.24, 2.45) is 0 Å². The van der Waals surface area contributed by atoms with E-state index in [9.17, 15) is 0 Å². The SMILES string of the molecule is CCCCCCCCCCOc1ccccc1CNC. The fourth-order valence-electron chi connectivity index (χ4n) is 2.40. The van der Waals surface area contributed by atoms with Gasteiger partial charge in [0.15, 0.2) is 0 Å². The minimum atomic E-state index is 0.843. The Hall–Kier alpha value is -1.02. The van der Waals surface area contributed by atoms with E-state index in [1.807, 2.05) is 13.1 Å². The van der Waals surface area contributed by atoms with Crippen molar-refractivity contribution in [1.29, 1.82) is 0 Å². The molecule has 0 aromatic heterocycles. The molecule has 0 radical (unpaired) electrons. The first-order chi connectivity index (χ1) is 9.88. The number of ether oxygens (including phenoxy) is 1. The van der Waals surface area contributed by atoms with Gasteiger partial charge in [0.1, 0.15) is 5.75 Å². The summed E-state index contributed by atoms with van der Waals surface area (Å²) in [6.07, 6.45) is 10.7. The predicted molar refractivity (Wildman–Crippen MR) is 87.3 cm³/mol. The average Bonchev–Trinajstić information content (AvgIpc) is 2.47. The molecule has 20 heavy (non-hydrogen) atoms. The monoisotopic (exact) mass is 277 g/mol. The second-order valence-corrected chi connectivity index (χ2v) is 5.46. The van der Waals surface area contributed by atoms with Crippen LogP contribution >= 0.6 is 0 Å². The Kier molecular flexibility index (Phi) is 10.0. The lowest BCUT2D eigenvalue weighted by Crippen LogP contribution is -2.08. The summed E-state index contributed by atoms with van der Waals surface area (Å²) in [5, 5.41) is 3.18. The highest BCUT2D eigenvalue weighted by Gasteiger charge is 2.01. The fourth-order valence-corrected chi connectivity index (χ4v) is 2.40. The molecule has 0 aliphatic carbocycles. The number of para-hydroxylation sites is 1. The Morgan fingerprint density at radius 1 is 0.900 bits per heavy atom. The Morgan fingerprint density at radius 3 is 2.25 bits per heavy atom. The van der Waals surface area contributed by atoms with Gasteiger partial charge in [-0.3, -0.25) is 0 Å². The van der Waals surface area contributed by atoms with Crippen molar-refractivity contribution in [3.05, 3.63) is 29.8 Å². The first-order valence-electron chi connectivity index (χ1n) is 8.23. The molecule has 1 aromatic carbocycles. The van der Waals surface area contributed by atoms with Crippen LogP contribution < -0.4 is 10.1 Å². The topological polar surface area (TPSA) is 21.3 Å². The van der Waals surface area contributed by atoms with E-state index in [2.05, 4.69) is 30.4 Å². The maximum atomic E-state index is 5.89. The third-order valence-electron chi connectivity index (χ3n) is 3.60. The number of benzene rings is 1. The van der Waals surface area contributed by atoms with Gasteiger partial charge in [0.25, 0.3) is 0 Å². The fraction of sp³-hybridized carbons (Fsp3) is 0.667. The molecule has 0 heterocycles. The Labute approximate surface area is 124 Å². The summed E-state index contributed by atoms with van der Waals surface area (Å²) in [5.41, 5.74) is 1.24. The molecule has 0 amide bonds. The van der Waals surface area contributed by atoms with Gasteiger partial charge in [-0.25, -0.2) is 0 Å². The van der Waals surface area contributed by atoms with Crippen molar-refractivity contribution < 1.29 is 4.74 Å². The lowest BCUT2D eigenvalue weighted by atomic mass is 10.1. The summed E-state index contributed by atoms with van der Waals surface area (Å²) >= 11 is 0. The molecule has 0 aliphatic rings. The molecule has 0 fully saturated rings. The zero-order chi connectivity index (χ0) is 14.5. The highest BCUT2D eigenvalue weighted by molar-refractivity contribution is 5.33. The molecule has 0 spiro atoms. The van der Waals surface area contributed by atoms with Gasteiger partial charge in [0.05, 0.1) is 6.61 Å². The molecular weight excluding hydrogens is 246 g/mol. The summed E-state index contributed by atoms with van der Waals surface area (Å²) in [4.78, 5) is 0. The van der Waals surface area contributed by atoms with Crippen LogP contribution in [-0.2, 0) is 6.54 Å². The number of hydrogen-bond donors (Lipinski definition) is 1. The van der Waals surface area contributed by atoms with Gasteiger partial charge in [-0.15, -0.1) is 0 Å². The van der Waals surface area contributed by atoms with Gasteiger partial charge in [-0.1, -0.05) is 70.1 Å². The van der Waals surface area contributed by atoms with Gasteiger partial charge < -0.3 is 10.1 Å². The summed E-state index contributed by atoms with van der Waals surface area (Å²) in [7, 11) is 1.97. The van der Waals surface area contributed by atoms with Crippen molar-refractivity contribution >= 4 is 0 Å². The molecule has 2 nitrogen and oxygen atoms in total. The molecule has 0 bridgehead atoms. The molecule has 2 heteroatoms. The lowest BCUT2D eigenvalue weighted by Gasteiger charge is -2.11. The first-order valence-corrected chi connectivity index (χ1v) is 8.23. The summed E-state index contributed by atoms with van der Waals surface area (Å²) in [6.45, 7) is 3.98. The molecule has 1 rings (SSSR count). The Bertz CT molecular complexity index is 338. The highest BCUT2D eigenvalue weighted by Crippen LogP contribution is 2.18. The zero-order valence-corrected chi connectivity index (χ0v) is 13.3. The minimum absolute atomic E-state index is 0.843. The zero-order valence-electron chi connectivity index (χ0n) is 13.3. The molecule has 0 atom stereocenters. The van der Waals surface area contributed by atoms with Crippen LogP contribution in [0.3, 0.4) is 0 Å². The lowest BCUT2D eigenvalue weighted by molar-refractivity contribution is 0.301. The van der Waals surface area contributed by atoms with E-state index >= 15 is 0 Å². The number of hydrogen-bond acceptors (Lipinski definition) is 2. The third-order valence-corrected chi connectivity index (χ3v) is 3.60. The normalized spacial score (nSPS) is 10.7. The molecule has 1 aromatic rings. The van der Waals surface area contributed by atoms with E-state index < -0.39 is 0 Å². The van der Waals surface area contributed by atoms with Crippen molar-refractivity contribution in [2.45, 2.75) is 64.8 Å². The maximum Gasteiger partial charge on any atom is 0.123 e. The second-order valence-electron chi connectivity index (χ2n) is 5.46. The van der Waals surface area contributed by atoms with Gasteiger partial charge >= 0.3 is 0 Å². The van der Waals surface area contributed by atoms with Crippen LogP contribution in [0.1, 0.15) is 63.9 Å². The number of unbranched alkanes of at least 4 members (excludes halogenated alkanes) is 7. The van der Waals surface area contributed by atoms with E-state index in [0.29, 0.717) is 0 Å². The van der Waals surface area contributed by atoms with Crippen molar-refractivity contribution in [3.63, 3.8) is 0 Å². The maximum absolute atomic E-state index is 5.89. The van der Waals surface area contributed by atoms with Gasteiger partial charge in [-0.05, 0) is 19.5 Å². The summed E-state index contributed by atoms with van der Waals surface area (Å²) in [6, 6.07) is 8.30. The van der Waals surface area contributed by atoms with Crippen LogP contribution in [0.4, 0.5) is 0 Å². The quantitative estimate of drug-likeness (QED) is 0.547. The highest BCUT2D eigenvalue weighted by atomic mass is 16.5. The Morgan fingerprint density at radius 2 is 1.55 bits per heavy atom. The number of nitrogens with one attached hydrogen (secondary N) is 1. The third kappa shape index (κ3) is 7.54. The van der Waals surface area contributed by atoms with Crippen LogP contribution in [0.15, 0.2) is 24.3 Å². The average molecular weight is 277 g/mol. The van der Waals surface area contributed by atoms with Crippen LogP contribution in [0.25, 0.3) is 0 Å².